The zero-order valence-electron chi connectivity index (χ0n) is 14.9. The summed E-state index contributed by atoms with van der Waals surface area (Å²) in [5.41, 5.74) is 3.62. The first kappa shape index (κ1) is 18.3. The molecule has 0 radical (unpaired) electrons. The van der Waals surface area contributed by atoms with Gasteiger partial charge in [0.15, 0.2) is 5.96 Å². The van der Waals surface area contributed by atoms with Crippen LogP contribution >= 0.6 is 11.6 Å². The molecule has 3 N–H and O–H groups in total. The van der Waals surface area contributed by atoms with E-state index in [0.29, 0.717) is 5.15 Å². The van der Waals surface area contributed by atoms with Crippen LogP contribution in [0.4, 0.5) is 0 Å². The first-order valence-corrected chi connectivity index (χ1v) is 9.31. The maximum Gasteiger partial charge on any atom is 0.191 e. The number of nitrogens with one attached hydrogen (secondary N) is 3. The Morgan fingerprint density at radius 2 is 2.04 bits per heavy atom. The lowest BCUT2D eigenvalue weighted by Gasteiger charge is -2.11. The standard InChI is InChI=1S/C20H24ClN5/c1-2-22-20(23-11-9-15-7-8-19(21)26-13-15)24-12-10-16-14-25-18-6-4-3-5-17(16)18/h3-8,13-14,25H,2,9-12H2,1H3,(H2,22,23,24). The van der Waals surface area contributed by atoms with Gasteiger partial charge in [0.25, 0.3) is 0 Å². The number of H-pyrrole nitrogens is 1. The molecule has 3 aromatic rings. The summed E-state index contributed by atoms with van der Waals surface area (Å²) in [5.74, 6) is 0.842. The predicted molar refractivity (Wildman–Crippen MR) is 109 cm³/mol. The normalized spacial score (nSPS) is 11.7. The van der Waals surface area contributed by atoms with Gasteiger partial charge in [0.1, 0.15) is 5.15 Å². The molecule has 26 heavy (non-hydrogen) atoms. The number of hydrogen-bond donors (Lipinski definition) is 3. The fourth-order valence-electron chi connectivity index (χ4n) is 2.85. The van der Waals surface area contributed by atoms with Crippen molar-refractivity contribution < 1.29 is 0 Å². The van der Waals surface area contributed by atoms with Gasteiger partial charge in [-0.1, -0.05) is 35.9 Å². The average molecular weight is 370 g/mol. The van der Waals surface area contributed by atoms with Gasteiger partial charge >= 0.3 is 0 Å². The third-order valence-electron chi connectivity index (χ3n) is 4.16. The molecule has 0 aliphatic carbocycles. The predicted octanol–water partition coefficient (Wildman–Crippen LogP) is 3.56. The number of benzene rings is 1. The summed E-state index contributed by atoms with van der Waals surface area (Å²) in [5, 5.41) is 8.46. The number of aliphatic imine (C=N–C) groups is 1. The zero-order chi connectivity index (χ0) is 18.2. The van der Waals surface area contributed by atoms with Gasteiger partial charge in [0, 0.05) is 42.9 Å². The Bertz CT molecular complexity index is 854. The summed E-state index contributed by atoms with van der Waals surface area (Å²) >= 11 is 5.82. The van der Waals surface area contributed by atoms with Crippen LogP contribution in [-0.2, 0) is 12.8 Å². The molecule has 0 spiro atoms. The highest BCUT2D eigenvalue weighted by atomic mass is 35.5. The highest BCUT2D eigenvalue weighted by Crippen LogP contribution is 2.17. The molecular weight excluding hydrogens is 346 g/mol. The van der Waals surface area contributed by atoms with Crippen LogP contribution in [0.1, 0.15) is 18.1 Å². The van der Waals surface area contributed by atoms with Gasteiger partial charge in [0.05, 0.1) is 0 Å². The molecule has 0 aliphatic heterocycles. The fraction of sp³-hybridized carbons (Fsp3) is 0.300. The molecule has 0 fully saturated rings. The van der Waals surface area contributed by atoms with Crippen molar-refractivity contribution >= 4 is 28.5 Å². The van der Waals surface area contributed by atoms with Crippen molar-refractivity contribution in [1.82, 2.24) is 20.6 Å². The minimum atomic E-state index is 0.522. The highest BCUT2D eigenvalue weighted by Gasteiger charge is 2.03. The van der Waals surface area contributed by atoms with E-state index in [4.69, 9.17) is 11.6 Å². The largest absolute Gasteiger partial charge is 0.361 e. The van der Waals surface area contributed by atoms with Crippen LogP contribution < -0.4 is 10.6 Å². The van der Waals surface area contributed by atoms with E-state index >= 15 is 0 Å². The topological polar surface area (TPSA) is 65.1 Å². The Morgan fingerprint density at radius 1 is 1.15 bits per heavy atom. The van der Waals surface area contributed by atoms with E-state index in [2.05, 4.69) is 56.9 Å². The minimum Gasteiger partial charge on any atom is -0.361 e. The SMILES string of the molecule is CCNC(=NCCc1c[nH]c2ccccc12)NCCc1ccc(Cl)nc1. The molecule has 0 atom stereocenters. The molecular formula is C20H24ClN5. The number of hydrogen-bond acceptors (Lipinski definition) is 2. The van der Waals surface area contributed by atoms with E-state index < -0.39 is 0 Å². The van der Waals surface area contributed by atoms with Gasteiger partial charge in [0.2, 0.25) is 0 Å². The number of pyridine rings is 1. The second kappa shape index (κ2) is 9.25. The summed E-state index contributed by atoms with van der Waals surface area (Å²) in [4.78, 5) is 12.1. The molecule has 0 amide bonds. The third-order valence-corrected chi connectivity index (χ3v) is 4.39. The molecule has 5 nitrogen and oxygen atoms in total. The first-order chi connectivity index (χ1) is 12.8. The van der Waals surface area contributed by atoms with Crippen LogP contribution in [-0.4, -0.2) is 35.6 Å². The first-order valence-electron chi connectivity index (χ1n) is 8.94. The smallest absolute Gasteiger partial charge is 0.191 e. The Morgan fingerprint density at radius 3 is 2.85 bits per heavy atom. The Kier molecular flexibility index (Phi) is 6.50. The van der Waals surface area contributed by atoms with E-state index in [9.17, 15) is 0 Å². The van der Waals surface area contributed by atoms with Crippen molar-refractivity contribution in [2.45, 2.75) is 19.8 Å². The monoisotopic (exact) mass is 369 g/mol. The van der Waals surface area contributed by atoms with Crippen molar-refractivity contribution in [3.8, 4) is 0 Å². The lowest BCUT2D eigenvalue weighted by atomic mass is 10.1. The zero-order valence-corrected chi connectivity index (χ0v) is 15.7. The van der Waals surface area contributed by atoms with E-state index in [0.717, 1.165) is 44.0 Å². The summed E-state index contributed by atoms with van der Waals surface area (Å²) < 4.78 is 0. The van der Waals surface area contributed by atoms with Crippen LogP contribution in [0.25, 0.3) is 10.9 Å². The molecule has 0 aliphatic rings. The third kappa shape index (κ3) is 4.99. The average Bonchev–Trinajstić information content (AvgIpc) is 3.07. The van der Waals surface area contributed by atoms with Crippen LogP contribution in [0.15, 0.2) is 53.8 Å². The van der Waals surface area contributed by atoms with E-state index in [1.54, 1.807) is 0 Å². The number of rotatable bonds is 7. The van der Waals surface area contributed by atoms with E-state index in [1.807, 2.05) is 24.4 Å². The number of guanidine groups is 1. The van der Waals surface area contributed by atoms with Crippen LogP contribution in [0.5, 0.6) is 0 Å². The second-order valence-corrected chi connectivity index (χ2v) is 6.42. The molecule has 6 heteroatoms. The van der Waals surface area contributed by atoms with Crippen molar-refractivity contribution in [3.63, 3.8) is 0 Å². The number of para-hydroxylation sites is 1. The Labute approximate surface area is 158 Å². The van der Waals surface area contributed by atoms with Gasteiger partial charge in [-0.05, 0) is 43.0 Å². The van der Waals surface area contributed by atoms with Crippen LogP contribution in [0.2, 0.25) is 5.15 Å². The van der Waals surface area contributed by atoms with Crippen molar-refractivity contribution in [3.05, 3.63) is 65.1 Å². The molecule has 0 bridgehead atoms. The van der Waals surface area contributed by atoms with Gasteiger partial charge in [-0.25, -0.2) is 4.98 Å². The van der Waals surface area contributed by atoms with Crippen LogP contribution in [0, 0.1) is 0 Å². The molecule has 2 aromatic heterocycles. The summed E-state index contributed by atoms with van der Waals surface area (Å²) in [6, 6.07) is 12.2. The van der Waals surface area contributed by atoms with Crippen LogP contribution in [0.3, 0.4) is 0 Å². The lowest BCUT2D eigenvalue weighted by Crippen LogP contribution is -2.38. The highest BCUT2D eigenvalue weighted by molar-refractivity contribution is 6.29. The quantitative estimate of drug-likeness (QED) is 0.339. The van der Waals surface area contributed by atoms with Crippen molar-refractivity contribution in [1.29, 1.82) is 0 Å². The summed E-state index contributed by atoms with van der Waals surface area (Å²) in [7, 11) is 0. The van der Waals surface area contributed by atoms with Gasteiger partial charge in [-0.2, -0.15) is 0 Å². The summed E-state index contributed by atoms with van der Waals surface area (Å²) in [6.07, 6.45) is 5.66. The molecule has 2 heterocycles. The number of aromatic nitrogens is 2. The lowest BCUT2D eigenvalue weighted by molar-refractivity contribution is 0.795. The van der Waals surface area contributed by atoms with Gasteiger partial charge < -0.3 is 15.6 Å². The fourth-order valence-corrected chi connectivity index (χ4v) is 2.96. The Hall–Kier alpha value is -2.53. The molecule has 1 aromatic carbocycles. The number of nitrogens with zero attached hydrogens (tertiary/aromatic N) is 2. The van der Waals surface area contributed by atoms with Gasteiger partial charge in [-0.15, -0.1) is 0 Å². The Balaban J connectivity index is 1.52. The maximum atomic E-state index is 5.82. The number of aromatic amines is 1. The minimum absolute atomic E-state index is 0.522. The molecule has 0 saturated carbocycles. The van der Waals surface area contributed by atoms with E-state index in [-0.39, 0.29) is 0 Å². The molecule has 0 saturated heterocycles. The molecule has 0 unspecified atom stereocenters. The number of fused-ring (bicyclic) bond motifs is 1. The second-order valence-electron chi connectivity index (χ2n) is 6.04. The molecule has 3 rings (SSSR count). The number of halogens is 1. The van der Waals surface area contributed by atoms with E-state index in [1.165, 1.54) is 16.5 Å². The molecule has 136 valence electrons. The van der Waals surface area contributed by atoms with Crippen molar-refractivity contribution in [2.75, 3.05) is 19.6 Å². The maximum absolute atomic E-state index is 5.82. The van der Waals surface area contributed by atoms with Crippen molar-refractivity contribution in [2.24, 2.45) is 4.99 Å². The van der Waals surface area contributed by atoms with Gasteiger partial charge in [-0.3, -0.25) is 4.99 Å². The summed E-state index contributed by atoms with van der Waals surface area (Å²) in [6.45, 7) is 4.43.